The van der Waals surface area contributed by atoms with E-state index in [1.165, 1.54) is 12.0 Å². The highest BCUT2D eigenvalue weighted by Crippen LogP contribution is 2.43. The third-order valence-electron chi connectivity index (χ3n) is 4.07. The van der Waals surface area contributed by atoms with Crippen molar-refractivity contribution in [1.29, 1.82) is 0 Å². The van der Waals surface area contributed by atoms with Crippen LogP contribution >= 0.6 is 0 Å². The number of Topliss-reactive ketones (excluding diaryl/α,β-unsaturated/α-hetero) is 1. The second-order valence-corrected chi connectivity index (χ2v) is 5.19. The number of nitrogens with zero attached hydrogens (tertiary/aromatic N) is 1. The molecule has 104 valence electrons. The zero-order chi connectivity index (χ0) is 14.1. The van der Waals surface area contributed by atoms with Crippen molar-refractivity contribution in [1.82, 2.24) is 4.90 Å². The van der Waals surface area contributed by atoms with Crippen LogP contribution in [-0.4, -0.2) is 30.4 Å². The smallest absolute Gasteiger partial charge is 0.414 e. The van der Waals surface area contributed by atoms with Gasteiger partial charge in [0.15, 0.2) is 5.78 Å². The van der Waals surface area contributed by atoms with Gasteiger partial charge in [-0.2, -0.15) is 0 Å². The molecule has 0 fully saturated rings. The fourth-order valence-electron chi connectivity index (χ4n) is 3.20. The molecule has 1 aromatic rings. The molecule has 0 N–H and O–H groups in total. The lowest BCUT2D eigenvalue weighted by atomic mass is 9.89. The number of allylic oxidation sites excluding steroid dienone is 2. The predicted molar refractivity (Wildman–Crippen MR) is 74.2 cm³/mol. The van der Waals surface area contributed by atoms with Gasteiger partial charge in [-0.15, -0.1) is 0 Å². The fraction of sp³-hybridized carbons (Fsp3) is 0.375. The number of rotatable bonds is 1. The lowest BCUT2D eigenvalue weighted by molar-refractivity contribution is -0.116. The summed E-state index contributed by atoms with van der Waals surface area (Å²) in [4.78, 5) is 25.6. The van der Waals surface area contributed by atoms with Crippen molar-refractivity contribution in [2.75, 3.05) is 13.7 Å². The van der Waals surface area contributed by atoms with Gasteiger partial charge in [-0.25, -0.2) is 4.79 Å². The van der Waals surface area contributed by atoms with Crippen LogP contribution in [0.25, 0.3) is 0 Å². The predicted octanol–water partition coefficient (Wildman–Crippen LogP) is 2.86. The first-order valence-electron chi connectivity index (χ1n) is 6.89. The van der Waals surface area contributed by atoms with E-state index in [1.807, 2.05) is 30.3 Å². The fourth-order valence-corrected chi connectivity index (χ4v) is 3.20. The average molecular weight is 271 g/mol. The van der Waals surface area contributed by atoms with E-state index in [2.05, 4.69) is 0 Å². The molecule has 0 spiro atoms. The van der Waals surface area contributed by atoms with Crippen molar-refractivity contribution in [3.05, 3.63) is 47.2 Å². The van der Waals surface area contributed by atoms with Gasteiger partial charge >= 0.3 is 6.09 Å². The molecule has 0 saturated heterocycles. The zero-order valence-corrected chi connectivity index (χ0v) is 11.5. The molecule has 1 aliphatic heterocycles. The maximum atomic E-state index is 12.3. The maximum absolute atomic E-state index is 12.3. The second-order valence-electron chi connectivity index (χ2n) is 5.19. The minimum Gasteiger partial charge on any atom is -0.452 e. The lowest BCUT2D eigenvalue weighted by Gasteiger charge is -2.28. The standard InChI is InChI=1S/C16H17NO3/c1-20-16(19)17-9-5-8-12-13(10-14(18)15(12)17)11-6-3-2-4-7-11/h2-4,6-7,13H,5,8-10H2,1H3. The molecule has 1 amide bonds. The molecular weight excluding hydrogens is 254 g/mol. The minimum atomic E-state index is -0.431. The monoisotopic (exact) mass is 271 g/mol. The Bertz CT molecular complexity index is 577. The Labute approximate surface area is 118 Å². The molecule has 4 nitrogen and oxygen atoms in total. The molecule has 1 aromatic carbocycles. The third-order valence-corrected chi connectivity index (χ3v) is 4.07. The van der Waals surface area contributed by atoms with Crippen LogP contribution in [0, 0.1) is 0 Å². The first kappa shape index (κ1) is 12.9. The number of ketones is 1. The highest BCUT2D eigenvalue weighted by Gasteiger charge is 2.40. The Morgan fingerprint density at radius 1 is 1.30 bits per heavy atom. The van der Waals surface area contributed by atoms with Crippen molar-refractivity contribution in [2.45, 2.75) is 25.2 Å². The summed E-state index contributed by atoms with van der Waals surface area (Å²) in [7, 11) is 1.35. The van der Waals surface area contributed by atoms with Gasteiger partial charge in [0.25, 0.3) is 0 Å². The third kappa shape index (κ3) is 2.01. The van der Waals surface area contributed by atoms with Crippen LogP contribution in [-0.2, 0) is 9.53 Å². The van der Waals surface area contributed by atoms with E-state index in [1.54, 1.807) is 0 Å². The van der Waals surface area contributed by atoms with E-state index in [-0.39, 0.29) is 11.7 Å². The van der Waals surface area contributed by atoms with Crippen LogP contribution in [0.2, 0.25) is 0 Å². The van der Waals surface area contributed by atoms with Crippen molar-refractivity contribution >= 4 is 11.9 Å². The maximum Gasteiger partial charge on any atom is 0.414 e. The molecule has 3 rings (SSSR count). The van der Waals surface area contributed by atoms with Crippen molar-refractivity contribution in [3.63, 3.8) is 0 Å². The average Bonchev–Trinajstić information content (AvgIpc) is 2.85. The van der Waals surface area contributed by atoms with E-state index >= 15 is 0 Å². The Kier molecular flexibility index (Phi) is 3.30. The van der Waals surface area contributed by atoms with E-state index in [0.717, 1.165) is 24.0 Å². The van der Waals surface area contributed by atoms with Gasteiger partial charge in [0.2, 0.25) is 0 Å². The van der Waals surface area contributed by atoms with Crippen molar-refractivity contribution < 1.29 is 14.3 Å². The van der Waals surface area contributed by atoms with Gasteiger partial charge in [-0.1, -0.05) is 30.3 Å². The molecule has 1 aliphatic carbocycles. The van der Waals surface area contributed by atoms with Gasteiger partial charge in [-0.05, 0) is 24.0 Å². The molecule has 1 unspecified atom stereocenters. The van der Waals surface area contributed by atoms with Crippen LogP contribution in [0.3, 0.4) is 0 Å². The highest BCUT2D eigenvalue weighted by atomic mass is 16.5. The quantitative estimate of drug-likeness (QED) is 0.789. The summed E-state index contributed by atoms with van der Waals surface area (Å²) in [6.07, 6.45) is 1.79. The van der Waals surface area contributed by atoms with Gasteiger partial charge in [-0.3, -0.25) is 9.69 Å². The molecule has 20 heavy (non-hydrogen) atoms. The molecule has 1 heterocycles. The SMILES string of the molecule is COC(=O)N1CCCC2=C1C(=O)CC2c1ccccc1. The number of carbonyl (C=O) groups excluding carboxylic acids is 2. The molecule has 1 atom stereocenters. The van der Waals surface area contributed by atoms with E-state index in [9.17, 15) is 9.59 Å². The number of benzene rings is 1. The van der Waals surface area contributed by atoms with Crippen molar-refractivity contribution in [2.24, 2.45) is 0 Å². The minimum absolute atomic E-state index is 0.0546. The number of ether oxygens (including phenoxy) is 1. The molecule has 0 saturated carbocycles. The summed E-state index contributed by atoms with van der Waals surface area (Å²) in [6, 6.07) is 10.0. The number of amides is 1. The molecule has 0 bridgehead atoms. The van der Waals surface area contributed by atoms with Crippen LogP contribution < -0.4 is 0 Å². The van der Waals surface area contributed by atoms with Gasteiger partial charge in [0.1, 0.15) is 0 Å². The second kappa shape index (κ2) is 5.12. The Balaban J connectivity index is 2.00. The molecule has 4 heteroatoms. The summed E-state index contributed by atoms with van der Waals surface area (Å²) in [5.74, 6) is 0.171. The Hall–Kier alpha value is -2.10. The van der Waals surface area contributed by atoms with Crippen molar-refractivity contribution in [3.8, 4) is 0 Å². The van der Waals surface area contributed by atoms with E-state index in [0.29, 0.717) is 18.7 Å². The van der Waals surface area contributed by atoms with Crippen LogP contribution in [0.15, 0.2) is 41.6 Å². The van der Waals surface area contributed by atoms with E-state index in [4.69, 9.17) is 4.74 Å². The number of hydrogen-bond donors (Lipinski definition) is 0. The van der Waals surface area contributed by atoms with Gasteiger partial charge < -0.3 is 4.74 Å². The van der Waals surface area contributed by atoms with Gasteiger partial charge in [0, 0.05) is 18.9 Å². The number of methoxy groups -OCH3 is 1. The zero-order valence-electron chi connectivity index (χ0n) is 11.5. The molecule has 0 aromatic heterocycles. The molecule has 0 radical (unpaired) electrons. The molecular formula is C16H17NO3. The highest BCUT2D eigenvalue weighted by molar-refractivity contribution is 6.02. The normalized spacial score (nSPS) is 21.9. The van der Waals surface area contributed by atoms with Gasteiger partial charge in [0.05, 0.1) is 12.8 Å². The van der Waals surface area contributed by atoms with Crippen LogP contribution in [0.1, 0.15) is 30.7 Å². The summed E-state index contributed by atoms with van der Waals surface area (Å²) in [6.45, 7) is 0.568. The van der Waals surface area contributed by atoms with E-state index < -0.39 is 6.09 Å². The first-order valence-corrected chi connectivity index (χ1v) is 6.89. The van der Waals surface area contributed by atoms with Crippen LogP contribution in [0.5, 0.6) is 0 Å². The topological polar surface area (TPSA) is 46.6 Å². The van der Waals surface area contributed by atoms with Crippen LogP contribution in [0.4, 0.5) is 4.79 Å². The Morgan fingerprint density at radius 2 is 2.05 bits per heavy atom. The summed E-state index contributed by atoms with van der Waals surface area (Å²) in [5.41, 5.74) is 2.83. The lowest BCUT2D eigenvalue weighted by Crippen LogP contribution is -2.36. The Morgan fingerprint density at radius 3 is 2.75 bits per heavy atom. The summed E-state index contributed by atoms with van der Waals surface area (Å²) < 4.78 is 4.79. The number of carbonyl (C=O) groups is 2. The largest absolute Gasteiger partial charge is 0.452 e. The summed E-state index contributed by atoms with van der Waals surface area (Å²) >= 11 is 0. The molecule has 2 aliphatic rings. The first-order chi connectivity index (χ1) is 9.72. The number of hydrogen-bond acceptors (Lipinski definition) is 3. The summed E-state index contributed by atoms with van der Waals surface area (Å²) in [5, 5.41) is 0.